The molecule has 0 bridgehead atoms. The second kappa shape index (κ2) is 9.61. The summed E-state index contributed by atoms with van der Waals surface area (Å²) >= 11 is 0. The number of aliphatic hydroxyl groups is 1. The standard InChI is InChI=1S/C10H7.CH4O.BrH.Cd/c1-2-6-10-8-4-3-7-9(10)5-1;1-2;;/h1-3,5-8H;2H,1H3;1H;/q-1;;;. The molecule has 2 aromatic carbocycles. The molecule has 1 N–H and O–H groups in total. The zero-order valence-corrected chi connectivity index (χ0v) is 13.9. The average molecular weight is 353 g/mol. The van der Waals surface area contributed by atoms with E-state index >= 15 is 0 Å². The van der Waals surface area contributed by atoms with Crippen molar-refractivity contribution in [3.05, 3.63) is 48.5 Å². The van der Waals surface area contributed by atoms with Crippen LogP contribution in [0.4, 0.5) is 0 Å². The van der Waals surface area contributed by atoms with Gasteiger partial charge in [0.15, 0.2) is 0 Å². The van der Waals surface area contributed by atoms with Gasteiger partial charge >= 0.3 is 0 Å². The molecule has 14 heavy (non-hydrogen) atoms. The largest absolute Gasteiger partial charge is 0.400 e. The van der Waals surface area contributed by atoms with Crippen LogP contribution in [0.1, 0.15) is 0 Å². The third-order valence-electron chi connectivity index (χ3n) is 1.59. The summed E-state index contributed by atoms with van der Waals surface area (Å²) in [4.78, 5) is 0. The molecule has 0 saturated carbocycles. The smallest absolute Gasteiger partial charge is 0.0319 e. The molecular formula is C11H12BrCdO-. The first kappa shape index (κ1) is 16.5. The molecule has 0 aromatic heterocycles. The molecular weight excluding hydrogens is 340 g/mol. The molecule has 0 heterocycles. The Labute approximate surface area is 115 Å². The predicted molar refractivity (Wildman–Crippen MR) is 61.2 cm³/mol. The maximum Gasteiger partial charge on any atom is 0.0319 e. The van der Waals surface area contributed by atoms with Crippen molar-refractivity contribution >= 4 is 27.8 Å². The predicted octanol–water partition coefficient (Wildman–Crippen LogP) is 2.82. The van der Waals surface area contributed by atoms with Gasteiger partial charge < -0.3 is 5.11 Å². The summed E-state index contributed by atoms with van der Waals surface area (Å²) in [6, 6.07) is 17.3. The molecule has 2 aromatic rings. The monoisotopic (exact) mass is 353 g/mol. The van der Waals surface area contributed by atoms with Crippen molar-refractivity contribution in [2.75, 3.05) is 7.11 Å². The van der Waals surface area contributed by atoms with E-state index in [1.165, 1.54) is 10.8 Å². The van der Waals surface area contributed by atoms with E-state index in [-0.39, 0.29) is 44.3 Å². The Morgan fingerprint density at radius 2 is 1.57 bits per heavy atom. The van der Waals surface area contributed by atoms with Crippen molar-refractivity contribution in [1.82, 2.24) is 0 Å². The fourth-order valence-corrected chi connectivity index (χ4v) is 1.07. The third kappa shape index (κ3) is 4.52. The van der Waals surface area contributed by atoms with E-state index in [0.29, 0.717) is 0 Å². The summed E-state index contributed by atoms with van der Waals surface area (Å²) in [5.41, 5.74) is 0. The van der Waals surface area contributed by atoms with E-state index < -0.39 is 0 Å². The van der Waals surface area contributed by atoms with E-state index in [4.69, 9.17) is 5.11 Å². The Morgan fingerprint density at radius 3 is 2.14 bits per heavy atom. The minimum atomic E-state index is 0. The van der Waals surface area contributed by atoms with Crippen LogP contribution in [0.3, 0.4) is 0 Å². The van der Waals surface area contributed by atoms with E-state index in [9.17, 15) is 0 Å². The second-order valence-corrected chi connectivity index (χ2v) is 2.27. The van der Waals surface area contributed by atoms with Crippen LogP contribution < -0.4 is 0 Å². The number of halogens is 1. The fourth-order valence-electron chi connectivity index (χ4n) is 1.07. The molecule has 0 saturated heterocycles. The van der Waals surface area contributed by atoms with Crippen molar-refractivity contribution in [2.24, 2.45) is 0 Å². The Balaban J connectivity index is 0. The van der Waals surface area contributed by atoms with Crippen LogP contribution in [0.5, 0.6) is 0 Å². The minimum Gasteiger partial charge on any atom is -0.400 e. The normalized spacial score (nSPS) is 7.57. The molecule has 0 aliphatic heterocycles. The van der Waals surface area contributed by atoms with Gasteiger partial charge in [0, 0.05) is 34.4 Å². The summed E-state index contributed by atoms with van der Waals surface area (Å²) in [5, 5.41) is 9.53. The SMILES string of the molecule is Br.CO.[Cd].[c-]1ccc2ccccc2c1. The van der Waals surface area contributed by atoms with Gasteiger partial charge in [0.25, 0.3) is 0 Å². The molecule has 0 atom stereocenters. The maximum atomic E-state index is 7.00. The quantitative estimate of drug-likeness (QED) is 0.571. The first-order chi connectivity index (χ1) is 5.97. The second-order valence-electron chi connectivity index (χ2n) is 2.27. The van der Waals surface area contributed by atoms with Gasteiger partial charge in [0.05, 0.1) is 0 Å². The van der Waals surface area contributed by atoms with Crippen LogP contribution in [0.2, 0.25) is 0 Å². The van der Waals surface area contributed by atoms with Gasteiger partial charge in [-0.1, -0.05) is 18.2 Å². The fraction of sp³-hybridized carbons (Fsp3) is 0.0909. The summed E-state index contributed by atoms with van der Waals surface area (Å²) < 4.78 is 0. The Morgan fingerprint density at radius 1 is 1.00 bits per heavy atom. The van der Waals surface area contributed by atoms with E-state index in [0.717, 1.165) is 7.11 Å². The molecule has 2 rings (SSSR count). The van der Waals surface area contributed by atoms with Crippen molar-refractivity contribution in [1.29, 1.82) is 0 Å². The van der Waals surface area contributed by atoms with E-state index in [1.807, 2.05) is 24.3 Å². The van der Waals surface area contributed by atoms with Crippen LogP contribution >= 0.6 is 17.0 Å². The summed E-state index contributed by atoms with van der Waals surface area (Å²) in [6.07, 6.45) is 0. The zero-order chi connectivity index (χ0) is 8.81. The topological polar surface area (TPSA) is 20.2 Å². The van der Waals surface area contributed by atoms with Crippen molar-refractivity contribution in [3.8, 4) is 0 Å². The van der Waals surface area contributed by atoms with Crippen LogP contribution in [-0.2, 0) is 27.3 Å². The molecule has 0 aliphatic rings. The van der Waals surface area contributed by atoms with Crippen molar-refractivity contribution in [3.63, 3.8) is 0 Å². The van der Waals surface area contributed by atoms with Gasteiger partial charge in [-0.2, -0.15) is 24.3 Å². The van der Waals surface area contributed by atoms with E-state index in [2.05, 4.69) is 24.3 Å². The molecule has 1 nitrogen and oxygen atoms in total. The van der Waals surface area contributed by atoms with Crippen LogP contribution in [0, 0.1) is 6.07 Å². The van der Waals surface area contributed by atoms with Crippen molar-refractivity contribution in [2.45, 2.75) is 0 Å². The van der Waals surface area contributed by atoms with Crippen LogP contribution in [-0.4, -0.2) is 12.2 Å². The number of aliphatic hydroxyl groups excluding tert-OH is 1. The number of hydrogen-bond donors (Lipinski definition) is 1. The maximum absolute atomic E-state index is 7.00. The Bertz CT molecular complexity index is 286. The van der Waals surface area contributed by atoms with Gasteiger partial charge in [-0.3, -0.25) is 0 Å². The molecule has 0 unspecified atom stereocenters. The van der Waals surface area contributed by atoms with E-state index in [1.54, 1.807) is 0 Å². The minimum absolute atomic E-state index is 0. The average Bonchev–Trinajstić information content (AvgIpc) is 2.21. The molecule has 0 amide bonds. The van der Waals surface area contributed by atoms with Gasteiger partial charge in [-0.05, 0) is 0 Å². The number of rotatable bonds is 0. The number of hydrogen-bond acceptors (Lipinski definition) is 1. The zero-order valence-electron chi connectivity index (χ0n) is 8.10. The van der Waals surface area contributed by atoms with Gasteiger partial charge in [0.2, 0.25) is 0 Å². The molecule has 0 spiro atoms. The molecule has 0 aliphatic carbocycles. The van der Waals surface area contributed by atoms with Gasteiger partial charge in [0.1, 0.15) is 0 Å². The molecule has 0 radical (unpaired) electrons. The third-order valence-corrected chi connectivity index (χ3v) is 1.59. The molecule has 0 fully saturated rings. The van der Waals surface area contributed by atoms with Crippen LogP contribution in [0.25, 0.3) is 10.8 Å². The van der Waals surface area contributed by atoms with Crippen molar-refractivity contribution < 1.29 is 32.4 Å². The Kier molecular flexibility index (Phi) is 11.3. The number of benzene rings is 2. The summed E-state index contributed by atoms with van der Waals surface area (Å²) in [6.45, 7) is 0. The first-order valence-corrected chi connectivity index (χ1v) is 3.76. The van der Waals surface area contributed by atoms with Gasteiger partial charge in [-0.25, -0.2) is 0 Å². The molecule has 3 heteroatoms. The number of fused-ring (bicyclic) bond motifs is 1. The molecule has 72 valence electrons. The first-order valence-electron chi connectivity index (χ1n) is 3.76. The summed E-state index contributed by atoms with van der Waals surface area (Å²) in [5.74, 6) is 0. The Hall–Kier alpha value is 0.0621. The van der Waals surface area contributed by atoms with Gasteiger partial charge in [-0.15, -0.1) is 33.8 Å². The summed E-state index contributed by atoms with van der Waals surface area (Å²) in [7, 11) is 1.00. The van der Waals surface area contributed by atoms with Crippen LogP contribution in [0.15, 0.2) is 42.5 Å².